The summed E-state index contributed by atoms with van der Waals surface area (Å²) in [5.74, 6) is 0. The molecular formula is C17H19N. The summed E-state index contributed by atoms with van der Waals surface area (Å²) in [6, 6.07) is 21.5. The van der Waals surface area contributed by atoms with Crippen LogP contribution >= 0.6 is 0 Å². The molecule has 1 heteroatoms. The lowest BCUT2D eigenvalue weighted by molar-refractivity contribution is 0.565. The molecule has 0 spiro atoms. The molecule has 0 aliphatic heterocycles. The maximum absolute atomic E-state index is 3.77. The molecule has 2 aromatic rings. The fourth-order valence-electron chi connectivity index (χ4n) is 2.07. The Morgan fingerprint density at radius 2 is 1.56 bits per heavy atom. The van der Waals surface area contributed by atoms with E-state index in [2.05, 4.69) is 72.6 Å². The fourth-order valence-corrected chi connectivity index (χ4v) is 2.07. The van der Waals surface area contributed by atoms with Gasteiger partial charge in [0.25, 0.3) is 0 Å². The van der Waals surface area contributed by atoms with E-state index in [0.29, 0.717) is 6.04 Å². The minimum atomic E-state index is 0.339. The molecule has 1 nitrogen and oxygen atoms in total. The van der Waals surface area contributed by atoms with Crippen LogP contribution in [0, 0.1) is 0 Å². The first-order chi connectivity index (χ1) is 8.90. The molecule has 2 aromatic carbocycles. The van der Waals surface area contributed by atoms with Crippen LogP contribution in [0.2, 0.25) is 0 Å². The first-order valence-electron chi connectivity index (χ1n) is 6.33. The molecule has 0 radical (unpaired) electrons. The molecule has 0 aliphatic rings. The van der Waals surface area contributed by atoms with E-state index in [1.165, 1.54) is 11.1 Å². The fraction of sp³-hybridized carbons (Fsp3) is 0.176. The van der Waals surface area contributed by atoms with Gasteiger partial charge in [0, 0.05) is 12.6 Å². The van der Waals surface area contributed by atoms with Gasteiger partial charge in [0.1, 0.15) is 0 Å². The number of hydrogen-bond acceptors (Lipinski definition) is 1. The lowest BCUT2D eigenvalue weighted by atomic mass is 9.99. The third kappa shape index (κ3) is 3.57. The third-order valence-corrected chi connectivity index (χ3v) is 2.99. The minimum absolute atomic E-state index is 0.339. The molecule has 0 aromatic heterocycles. The zero-order valence-electron chi connectivity index (χ0n) is 10.5. The predicted octanol–water partition coefficient (Wildman–Crippen LogP) is 3.75. The van der Waals surface area contributed by atoms with E-state index in [0.717, 1.165) is 13.0 Å². The lowest BCUT2D eigenvalue weighted by Crippen LogP contribution is -2.23. The first kappa shape index (κ1) is 12.6. The van der Waals surface area contributed by atoms with Crippen molar-refractivity contribution >= 4 is 0 Å². The van der Waals surface area contributed by atoms with E-state index in [9.17, 15) is 0 Å². The van der Waals surface area contributed by atoms with Crippen molar-refractivity contribution in [3.8, 4) is 0 Å². The third-order valence-electron chi connectivity index (χ3n) is 2.99. The van der Waals surface area contributed by atoms with Gasteiger partial charge in [-0.05, 0) is 17.5 Å². The number of rotatable bonds is 6. The zero-order valence-corrected chi connectivity index (χ0v) is 10.5. The topological polar surface area (TPSA) is 12.0 Å². The number of hydrogen-bond donors (Lipinski definition) is 1. The van der Waals surface area contributed by atoms with Gasteiger partial charge in [-0.3, -0.25) is 0 Å². The van der Waals surface area contributed by atoms with Crippen molar-refractivity contribution in [2.75, 3.05) is 6.54 Å². The van der Waals surface area contributed by atoms with Gasteiger partial charge in [0.05, 0.1) is 0 Å². The molecule has 0 aliphatic carbocycles. The molecule has 0 amide bonds. The van der Waals surface area contributed by atoms with Crippen LogP contribution in [0.5, 0.6) is 0 Å². The molecule has 0 unspecified atom stereocenters. The van der Waals surface area contributed by atoms with Gasteiger partial charge in [-0.15, -0.1) is 6.58 Å². The van der Waals surface area contributed by atoms with Crippen molar-refractivity contribution < 1.29 is 0 Å². The lowest BCUT2D eigenvalue weighted by Gasteiger charge is -2.18. The van der Waals surface area contributed by atoms with Crippen LogP contribution in [0.1, 0.15) is 17.2 Å². The highest BCUT2D eigenvalue weighted by atomic mass is 14.9. The Hall–Kier alpha value is -1.86. The van der Waals surface area contributed by atoms with Gasteiger partial charge < -0.3 is 5.32 Å². The minimum Gasteiger partial charge on any atom is -0.306 e. The Balaban J connectivity index is 2.13. The average molecular weight is 237 g/mol. The van der Waals surface area contributed by atoms with Gasteiger partial charge in [0.15, 0.2) is 0 Å². The Kier molecular flexibility index (Phi) is 4.74. The molecular weight excluding hydrogens is 218 g/mol. The van der Waals surface area contributed by atoms with Crippen molar-refractivity contribution in [1.82, 2.24) is 5.32 Å². The Morgan fingerprint density at radius 1 is 0.944 bits per heavy atom. The van der Waals surface area contributed by atoms with Crippen LogP contribution in [0.15, 0.2) is 73.3 Å². The van der Waals surface area contributed by atoms with Crippen LogP contribution < -0.4 is 5.32 Å². The molecule has 18 heavy (non-hydrogen) atoms. The van der Waals surface area contributed by atoms with Gasteiger partial charge in [-0.25, -0.2) is 0 Å². The van der Waals surface area contributed by atoms with Gasteiger partial charge in [0.2, 0.25) is 0 Å². The molecule has 0 heterocycles. The molecule has 0 saturated carbocycles. The summed E-state index contributed by atoms with van der Waals surface area (Å²) in [5.41, 5.74) is 2.67. The summed E-state index contributed by atoms with van der Waals surface area (Å²) in [7, 11) is 0. The van der Waals surface area contributed by atoms with Gasteiger partial charge in [-0.1, -0.05) is 66.7 Å². The van der Waals surface area contributed by atoms with Crippen LogP contribution in [-0.2, 0) is 6.42 Å². The van der Waals surface area contributed by atoms with E-state index < -0.39 is 0 Å². The summed E-state index contributed by atoms with van der Waals surface area (Å²) in [4.78, 5) is 0. The van der Waals surface area contributed by atoms with Crippen molar-refractivity contribution in [3.05, 3.63) is 84.4 Å². The standard InChI is InChI=1S/C17H19N/c1-2-13-18-17(16-11-7-4-8-12-16)14-15-9-5-3-6-10-15/h2-12,17-18H,1,13-14H2/t17-/m1/s1. The Labute approximate surface area is 109 Å². The van der Waals surface area contributed by atoms with E-state index in [1.54, 1.807) is 0 Å². The second-order valence-corrected chi connectivity index (χ2v) is 4.35. The van der Waals surface area contributed by atoms with Crippen molar-refractivity contribution in [1.29, 1.82) is 0 Å². The van der Waals surface area contributed by atoms with Crippen LogP contribution in [-0.4, -0.2) is 6.54 Å². The highest BCUT2D eigenvalue weighted by Crippen LogP contribution is 2.18. The van der Waals surface area contributed by atoms with Crippen molar-refractivity contribution in [2.24, 2.45) is 0 Å². The molecule has 92 valence electrons. The molecule has 2 rings (SSSR count). The molecule has 0 saturated heterocycles. The summed E-state index contributed by atoms with van der Waals surface area (Å²) in [6.07, 6.45) is 2.90. The summed E-state index contributed by atoms with van der Waals surface area (Å²) < 4.78 is 0. The smallest absolute Gasteiger partial charge is 0.0363 e. The largest absolute Gasteiger partial charge is 0.306 e. The maximum atomic E-state index is 3.77. The van der Waals surface area contributed by atoms with Crippen molar-refractivity contribution in [2.45, 2.75) is 12.5 Å². The highest BCUT2D eigenvalue weighted by Gasteiger charge is 2.10. The molecule has 0 bridgehead atoms. The summed E-state index contributed by atoms with van der Waals surface area (Å²) in [6.45, 7) is 4.60. The van der Waals surface area contributed by atoms with E-state index >= 15 is 0 Å². The maximum Gasteiger partial charge on any atom is 0.0363 e. The predicted molar refractivity (Wildman–Crippen MR) is 77.5 cm³/mol. The van der Waals surface area contributed by atoms with Crippen LogP contribution in [0.3, 0.4) is 0 Å². The quantitative estimate of drug-likeness (QED) is 0.755. The monoisotopic (exact) mass is 237 g/mol. The zero-order chi connectivity index (χ0) is 12.6. The van der Waals surface area contributed by atoms with E-state index in [1.807, 2.05) is 6.08 Å². The first-order valence-corrected chi connectivity index (χ1v) is 6.33. The Morgan fingerprint density at radius 3 is 2.17 bits per heavy atom. The molecule has 0 fully saturated rings. The second kappa shape index (κ2) is 6.77. The second-order valence-electron chi connectivity index (χ2n) is 4.35. The van der Waals surface area contributed by atoms with Crippen LogP contribution in [0.25, 0.3) is 0 Å². The SMILES string of the molecule is C=CCN[C@H](Cc1ccccc1)c1ccccc1. The van der Waals surface area contributed by atoms with E-state index in [-0.39, 0.29) is 0 Å². The Bertz CT molecular complexity index is 461. The van der Waals surface area contributed by atoms with Gasteiger partial charge in [-0.2, -0.15) is 0 Å². The molecule has 1 atom stereocenters. The highest BCUT2D eigenvalue weighted by molar-refractivity contribution is 5.23. The van der Waals surface area contributed by atoms with E-state index in [4.69, 9.17) is 0 Å². The van der Waals surface area contributed by atoms with Crippen molar-refractivity contribution in [3.63, 3.8) is 0 Å². The number of nitrogens with one attached hydrogen (secondary N) is 1. The summed E-state index contributed by atoms with van der Waals surface area (Å²) in [5, 5.41) is 3.52. The van der Waals surface area contributed by atoms with Crippen LogP contribution in [0.4, 0.5) is 0 Å². The van der Waals surface area contributed by atoms with Gasteiger partial charge >= 0.3 is 0 Å². The molecule has 1 N–H and O–H groups in total. The summed E-state index contributed by atoms with van der Waals surface area (Å²) >= 11 is 0. The average Bonchev–Trinajstić information content (AvgIpc) is 2.45. The number of benzene rings is 2. The normalized spacial score (nSPS) is 12.0.